The third kappa shape index (κ3) is 3.97. The zero-order chi connectivity index (χ0) is 20.3. The molecule has 1 aliphatic rings. The Bertz CT molecular complexity index is 1150. The van der Waals surface area contributed by atoms with Gasteiger partial charge < -0.3 is 9.30 Å². The molecule has 4 heterocycles. The highest BCUT2D eigenvalue weighted by molar-refractivity contribution is 6.30. The van der Waals surface area contributed by atoms with Crippen molar-refractivity contribution in [2.45, 2.75) is 6.54 Å². The number of fused-ring (bicyclic) bond motifs is 1. The Kier molecular flexibility index (Phi) is 5.49. The summed E-state index contributed by atoms with van der Waals surface area (Å²) in [5.74, 6) is 0. The van der Waals surface area contributed by atoms with Crippen molar-refractivity contribution in [3.05, 3.63) is 72.3 Å². The minimum Gasteiger partial charge on any atom is -0.379 e. The van der Waals surface area contributed by atoms with Gasteiger partial charge in [0.05, 0.1) is 24.2 Å². The lowest BCUT2D eigenvalue weighted by molar-refractivity contribution is 0.0365. The maximum atomic E-state index is 6.04. The molecule has 1 saturated heterocycles. The van der Waals surface area contributed by atoms with Crippen LogP contribution in [-0.2, 0) is 11.3 Å². The minimum absolute atomic E-state index is 0.732. The summed E-state index contributed by atoms with van der Waals surface area (Å²) in [5, 5.41) is 0.732. The molecule has 5 rings (SSSR count). The number of nitrogens with zero attached hydrogens (tertiary/aromatic N) is 4. The van der Waals surface area contributed by atoms with Gasteiger partial charge in [0.2, 0.25) is 0 Å². The normalized spacial score (nSPS) is 15.0. The third-order valence-electron chi connectivity index (χ3n) is 5.62. The van der Waals surface area contributed by atoms with Crippen LogP contribution in [0.15, 0.2) is 67.3 Å². The fourth-order valence-electron chi connectivity index (χ4n) is 3.98. The molecule has 6 heteroatoms. The minimum atomic E-state index is 0.732. The smallest absolute Gasteiger partial charge is 0.0959 e. The molecule has 1 aliphatic heterocycles. The molecule has 0 radical (unpaired) electrons. The topological polar surface area (TPSA) is 43.2 Å². The molecule has 0 bridgehead atoms. The van der Waals surface area contributed by atoms with Gasteiger partial charge in [-0.1, -0.05) is 23.7 Å². The first-order chi connectivity index (χ1) is 14.8. The van der Waals surface area contributed by atoms with Crippen LogP contribution in [0.25, 0.3) is 33.3 Å². The van der Waals surface area contributed by atoms with Gasteiger partial charge in [-0.2, -0.15) is 0 Å². The number of halogens is 1. The molecule has 0 amide bonds. The summed E-state index contributed by atoms with van der Waals surface area (Å²) in [4.78, 5) is 11.6. The van der Waals surface area contributed by atoms with E-state index in [1.165, 1.54) is 0 Å². The van der Waals surface area contributed by atoms with Crippen LogP contribution in [0.3, 0.4) is 0 Å². The summed E-state index contributed by atoms with van der Waals surface area (Å²) in [6.45, 7) is 5.57. The fraction of sp³-hybridized carbons (Fsp3) is 0.250. The number of morpholine rings is 1. The molecule has 1 aromatic carbocycles. The fourth-order valence-corrected chi connectivity index (χ4v) is 4.11. The maximum Gasteiger partial charge on any atom is 0.0959 e. The third-order valence-corrected chi connectivity index (χ3v) is 5.88. The molecule has 152 valence electrons. The van der Waals surface area contributed by atoms with Crippen molar-refractivity contribution in [1.29, 1.82) is 0 Å². The summed E-state index contributed by atoms with van der Waals surface area (Å²) in [6.07, 6.45) is 7.86. The maximum absolute atomic E-state index is 6.04. The molecule has 0 saturated carbocycles. The average molecular weight is 419 g/mol. The molecule has 3 aromatic heterocycles. The summed E-state index contributed by atoms with van der Waals surface area (Å²) in [6, 6.07) is 14.2. The van der Waals surface area contributed by atoms with Crippen molar-refractivity contribution in [2.75, 3.05) is 32.8 Å². The summed E-state index contributed by atoms with van der Waals surface area (Å²) >= 11 is 6.04. The highest BCUT2D eigenvalue weighted by Gasteiger charge is 2.15. The Hall–Kier alpha value is -2.73. The van der Waals surface area contributed by atoms with Gasteiger partial charge in [0.15, 0.2) is 0 Å². The standard InChI is InChI=1S/C24H23ClN4O/c25-21-5-3-18(4-6-21)19-14-20(16-26-15-19)22-17-29(23-2-1-7-27-24(22)23)9-8-28-10-12-30-13-11-28/h1-7,14-17H,8-13H2. The van der Waals surface area contributed by atoms with Crippen molar-refractivity contribution in [3.63, 3.8) is 0 Å². The quantitative estimate of drug-likeness (QED) is 0.469. The lowest BCUT2D eigenvalue weighted by Gasteiger charge is -2.26. The van der Waals surface area contributed by atoms with Crippen molar-refractivity contribution in [2.24, 2.45) is 0 Å². The van der Waals surface area contributed by atoms with Gasteiger partial charge in [0, 0.05) is 72.7 Å². The molecular weight excluding hydrogens is 396 g/mol. The first kappa shape index (κ1) is 19.2. The predicted octanol–water partition coefficient (Wildman–Crippen LogP) is 4.75. The van der Waals surface area contributed by atoms with Gasteiger partial charge in [0.1, 0.15) is 0 Å². The molecule has 1 fully saturated rings. The van der Waals surface area contributed by atoms with Crippen molar-refractivity contribution < 1.29 is 4.74 Å². The monoisotopic (exact) mass is 418 g/mol. The molecule has 0 unspecified atom stereocenters. The van der Waals surface area contributed by atoms with Gasteiger partial charge in [0.25, 0.3) is 0 Å². The van der Waals surface area contributed by atoms with Crippen molar-refractivity contribution in [1.82, 2.24) is 19.4 Å². The number of pyridine rings is 2. The summed E-state index contributed by atoms with van der Waals surface area (Å²) in [5.41, 5.74) is 6.49. The molecule has 5 nitrogen and oxygen atoms in total. The molecule has 0 atom stereocenters. The zero-order valence-electron chi connectivity index (χ0n) is 16.7. The van der Waals surface area contributed by atoms with Gasteiger partial charge in [-0.25, -0.2) is 0 Å². The van der Waals surface area contributed by atoms with Gasteiger partial charge >= 0.3 is 0 Å². The van der Waals surface area contributed by atoms with E-state index in [9.17, 15) is 0 Å². The molecule has 0 aliphatic carbocycles. The molecule has 0 N–H and O–H groups in total. The number of hydrogen-bond acceptors (Lipinski definition) is 4. The van der Waals surface area contributed by atoms with E-state index < -0.39 is 0 Å². The Morgan fingerprint density at radius 2 is 1.73 bits per heavy atom. The Morgan fingerprint density at radius 3 is 2.57 bits per heavy atom. The van der Waals surface area contributed by atoms with Crippen LogP contribution in [0.1, 0.15) is 0 Å². The van der Waals surface area contributed by atoms with E-state index in [1.807, 2.05) is 48.9 Å². The van der Waals surface area contributed by atoms with Crippen LogP contribution in [-0.4, -0.2) is 52.3 Å². The molecule has 0 spiro atoms. The second-order valence-electron chi connectivity index (χ2n) is 7.53. The van der Waals surface area contributed by atoms with E-state index in [2.05, 4.69) is 37.8 Å². The van der Waals surface area contributed by atoms with Crippen molar-refractivity contribution >= 4 is 22.6 Å². The summed E-state index contributed by atoms with van der Waals surface area (Å²) in [7, 11) is 0. The van der Waals surface area contributed by atoms with Crippen LogP contribution in [0.5, 0.6) is 0 Å². The molecule has 4 aromatic rings. The van der Waals surface area contributed by atoms with E-state index in [4.69, 9.17) is 16.3 Å². The van der Waals surface area contributed by atoms with Crippen LogP contribution in [0, 0.1) is 0 Å². The predicted molar refractivity (Wildman–Crippen MR) is 121 cm³/mol. The number of benzene rings is 1. The Labute approximate surface area is 180 Å². The van der Waals surface area contributed by atoms with Gasteiger partial charge in [-0.3, -0.25) is 14.9 Å². The van der Waals surface area contributed by atoms with Crippen LogP contribution < -0.4 is 0 Å². The number of ether oxygens (including phenoxy) is 1. The van der Waals surface area contributed by atoms with E-state index in [-0.39, 0.29) is 0 Å². The number of hydrogen-bond donors (Lipinski definition) is 0. The average Bonchev–Trinajstić information content (AvgIpc) is 3.18. The van der Waals surface area contributed by atoms with Crippen molar-refractivity contribution in [3.8, 4) is 22.3 Å². The zero-order valence-corrected chi connectivity index (χ0v) is 17.4. The number of rotatable bonds is 5. The van der Waals surface area contributed by atoms with E-state index in [0.29, 0.717) is 0 Å². The van der Waals surface area contributed by atoms with Gasteiger partial charge in [-0.05, 0) is 35.9 Å². The highest BCUT2D eigenvalue weighted by atomic mass is 35.5. The second-order valence-corrected chi connectivity index (χ2v) is 7.97. The Morgan fingerprint density at radius 1 is 0.933 bits per heavy atom. The summed E-state index contributed by atoms with van der Waals surface area (Å²) < 4.78 is 7.77. The van der Waals surface area contributed by atoms with Gasteiger partial charge in [-0.15, -0.1) is 0 Å². The lowest BCUT2D eigenvalue weighted by atomic mass is 10.0. The van der Waals surface area contributed by atoms with E-state index in [1.54, 1.807) is 0 Å². The second kappa shape index (κ2) is 8.56. The van der Waals surface area contributed by atoms with Crippen LogP contribution >= 0.6 is 11.6 Å². The first-order valence-corrected chi connectivity index (χ1v) is 10.6. The molecule has 30 heavy (non-hydrogen) atoms. The Balaban J connectivity index is 1.48. The number of aromatic nitrogens is 3. The highest BCUT2D eigenvalue weighted by Crippen LogP contribution is 2.31. The van der Waals surface area contributed by atoms with E-state index in [0.717, 1.165) is 77.7 Å². The first-order valence-electron chi connectivity index (χ1n) is 10.2. The van der Waals surface area contributed by atoms with Crippen LogP contribution in [0.2, 0.25) is 5.02 Å². The van der Waals surface area contributed by atoms with E-state index >= 15 is 0 Å². The van der Waals surface area contributed by atoms with Crippen LogP contribution in [0.4, 0.5) is 0 Å². The lowest BCUT2D eigenvalue weighted by Crippen LogP contribution is -2.38. The molecular formula is C24H23ClN4O. The largest absolute Gasteiger partial charge is 0.379 e. The SMILES string of the molecule is Clc1ccc(-c2cncc(-c3cn(CCN4CCOCC4)c4cccnc34)c2)cc1.